The lowest BCUT2D eigenvalue weighted by molar-refractivity contribution is -0.141. The number of carbonyl (C=O) groups is 1. The monoisotopic (exact) mass is 218 g/mol. The van der Waals surface area contributed by atoms with E-state index in [0.29, 0.717) is 23.5 Å². The first kappa shape index (κ1) is 11.9. The average molecular weight is 218 g/mol. The molecule has 0 fully saturated rings. The molecule has 0 spiro atoms. The van der Waals surface area contributed by atoms with Crippen LogP contribution in [-0.4, -0.2) is 12.6 Å². The van der Waals surface area contributed by atoms with Gasteiger partial charge < -0.3 is 16.2 Å². The SMILES string of the molecule is CCOC(=O)CC#Cc1cccc(N)c1N. The minimum absolute atomic E-state index is 0.0576. The maximum atomic E-state index is 11.0. The molecule has 0 aromatic heterocycles. The van der Waals surface area contributed by atoms with E-state index in [1.54, 1.807) is 25.1 Å². The van der Waals surface area contributed by atoms with Crippen LogP contribution in [0.4, 0.5) is 11.4 Å². The molecular formula is C12H14N2O2. The van der Waals surface area contributed by atoms with Gasteiger partial charge in [0.2, 0.25) is 0 Å². The fourth-order valence-corrected chi connectivity index (χ4v) is 1.12. The Bertz CT molecular complexity index is 444. The highest BCUT2D eigenvalue weighted by atomic mass is 16.5. The molecule has 0 aliphatic rings. The number of carbonyl (C=O) groups excluding carboxylic acids is 1. The van der Waals surface area contributed by atoms with Crippen LogP contribution in [0.15, 0.2) is 18.2 Å². The second kappa shape index (κ2) is 5.66. The Labute approximate surface area is 94.6 Å². The number of anilines is 2. The minimum Gasteiger partial charge on any atom is -0.465 e. The first-order valence-electron chi connectivity index (χ1n) is 4.93. The lowest BCUT2D eigenvalue weighted by Crippen LogP contribution is -2.02. The summed E-state index contributed by atoms with van der Waals surface area (Å²) in [4.78, 5) is 11.0. The van der Waals surface area contributed by atoms with Crippen molar-refractivity contribution in [3.8, 4) is 11.8 Å². The molecule has 4 nitrogen and oxygen atoms in total. The molecule has 1 aromatic carbocycles. The van der Waals surface area contributed by atoms with Gasteiger partial charge in [-0.3, -0.25) is 4.79 Å². The summed E-state index contributed by atoms with van der Waals surface area (Å²) in [5.74, 6) is 5.15. The van der Waals surface area contributed by atoms with Crippen LogP contribution >= 0.6 is 0 Å². The molecule has 0 amide bonds. The van der Waals surface area contributed by atoms with Gasteiger partial charge in [0.25, 0.3) is 0 Å². The van der Waals surface area contributed by atoms with Crippen molar-refractivity contribution in [2.45, 2.75) is 13.3 Å². The first-order chi connectivity index (χ1) is 7.65. The summed E-state index contributed by atoms with van der Waals surface area (Å²) >= 11 is 0. The maximum Gasteiger partial charge on any atom is 0.317 e. The molecule has 0 atom stereocenters. The van der Waals surface area contributed by atoms with Crippen molar-refractivity contribution in [3.05, 3.63) is 23.8 Å². The molecule has 0 unspecified atom stereocenters. The summed E-state index contributed by atoms with van der Waals surface area (Å²) in [6, 6.07) is 5.22. The Morgan fingerprint density at radius 2 is 2.19 bits per heavy atom. The highest BCUT2D eigenvalue weighted by Gasteiger charge is 1.99. The van der Waals surface area contributed by atoms with Crippen LogP contribution in [0.5, 0.6) is 0 Å². The largest absolute Gasteiger partial charge is 0.465 e. The minimum atomic E-state index is -0.336. The van der Waals surface area contributed by atoms with E-state index in [1.807, 2.05) is 0 Å². The molecule has 0 bridgehead atoms. The third-order valence-corrected chi connectivity index (χ3v) is 1.90. The Hall–Kier alpha value is -2.15. The van der Waals surface area contributed by atoms with Crippen LogP contribution in [0.1, 0.15) is 18.9 Å². The van der Waals surface area contributed by atoms with Crippen LogP contribution in [0.2, 0.25) is 0 Å². The summed E-state index contributed by atoms with van der Waals surface area (Å²) in [7, 11) is 0. The smallest absolute Gasteiger partial charge is 0.317 e. The molecule has 0 radical (unpaired) electrons. The summed E-state index contributed by atoms with van der Waals surface area (Å²) in [5.41, 5.74) is 12.9. The molecule has 16 heavy (non-hydrogen) atoms. The van der Waals surface area contributed by atoms with Crippen LogP contribution in [0.25, 0.3) is 0 Å². The zero-order chi connectivity index (χ0) is 12.0. The second-order valence-corrected chi connectivity index (χ2v) is 3.09. The zero-order valence-electron chi connectivity index (χ0n) is 9.12. The van der Waals surface area contributed by atoms with Gasteiger partial charge >= 0.3 is 5.97 Å². The average Bonchev–Trinajstić information content (AvgIpc) is 2.25. The molecule has 84 valence electrons. The lowest BCUT2D eigenvalue weighted by Gasteiger charge is -2.01. The molecule has 0 aliphatic heterocycles. The van der Waals surface area contributed by atoms with Crippen molar-refractivity contribution in [2.24, 2.45) is 0 Å². The molecule has 0 saturated carbocycles. The number of para-hydroxylation sites is 1. The van der Waals surface area contributed by atoms with Gasteiger partial charge in [0, 0.05) is 5.56 Å². The zero-order valence-corrected chi connectivity index (χ0v) is 9.12. The number of benzene rings is 1. The predicted octanol–water partition coefficient (Wildman–Crippen LogP) is 1.16. The number of rotatable bonds is 2. The Morgan fingerprint density at radius 1 is 1.44 bits per heavy atom. The maximum absolute atomic E-state index is 11.0. The van der Waals surface area contributed by atoms with Crippen LogP contribution in [-0.2, 0) is 9.53 Å². The molecule has 0 heterocycles. The number of hydrogen-bond donors (Lipinski definition) is 2. The van der Waals surface area contributed by atoms with E-state index in [2.05, 4.69) is 11.8 Å². The van der Waals surface area contributed by atoms with Gasteiger partial charge in [-0.05, 0) is 19.1 Å². The van der Waals surface area contributed by atoms with Gasteiger partial charge in [-0.1, -0.05) is 17.9 Å². The van der Waals surface area contributed by atoms with Gasteiger partial charge in [-0.25, -0.2) is 0 Å². The van der Waals surface area contributed by atoms with E-state index < -0.39 is 0 Å². The van der Waals surface area contributed by atoms with Gasteiger partial charge in [-0.2, -0.15) is 0 Å². The third-order valence-electron chi connectivity index (χ3n) is 1.90. The van der Waals surface area contributed by atoms with E-state index in [4.69, 9.17) is 16.2 Å². The Balaban J connectivity index is 2.70. The molecular weight excluding hydrogens is 204 g/mol. The number of ether oxygens (including phenoxy) is 1. The van der Waals surface area contributed by atoms with E-state index in [0.717, 1.165) is 0 Å². The summed E-state index contributed by atoms with van der Waals surface area (Å²) < 4.78 is 4.74. The molecule has 0 aliphatic carbocycles. The van der Waals surface area contributed by atoms with Crippen molar-refractivity contribution < 1.29 is 9.53 Å². The van der Waals surface area contributed by atoms with Crippen molar-refractivity contribution >= 4 is 17.3 Å². The predicted molar refractivity (Wildman–Crippen MR) is 63.4 cm³/mol. The Kier molecular flexibility index (Phi) is 4.22. The first-order valence-corrected chi connectivity index (χ1v) is 4.93. The quantitative estimate of drug-likeness (QED) is 0.443. The fraction of sp³-hybridized carbons (Fsp3) is 0.250. The van der Waals surface area contributed by atoms with Crippen molar-refractivity contribution in [1.29, 1.82) is 0 Å². The van der Waals surface area contributed by atoms with Gasteiger partial charge in [-0.15, -0.1) is 0 Å². The van der Waals surface area contributed by atoms with E-state index in [-0.39, 0.29) is 12.4 Å². The van der Waals surface area contributed by atoms with Gasteiger partial charge in [0.1, 0.15) is 6.42 Å². The van der Waals surface area contributed by atoms with Gasteiger partial charge in [0.15, 0.2) is 0 Å². The summed E-state index contributed by atoms with van der Waals surface area (Å²) in [6.45, 7) is 2.11. The van der Waals surface area contributed by atoms with Gasteiger partial charge in [0.05, 0.1) is 18.0 Å². The van der Waals surface area contributed by atoms with E-state index >= 15 is 0 Å². The normalized spacial score (nSPS) is 9.06. The highest BCUT2D eigenvalue weighted by molar-refractivity contribution is 5.74. The number of hydrogen-bond acceptors (Lipinski definition) is 4. The highest BCUT2D eigenvalue weighted by Crippen LogP contribution is 2.17. The third kappa shape index (κ3) is 3.21. The topological polar surface area (TPSA) is 78.3 Å². The number of nitrogen functional groups attached to an aromatic ring is 2. The summed E-state index contributed by atoms with van der Waals surface area (Å²) in [5, 5.41) is 0. The fourth-order valence-electron chi connectivity index (χ4n) is 1.12. The van der Waals surface area contributed by atoms with Crippen LogP contribution in [0.3, 0.4) is 0 Å². The van der Waals surface area contributed by atoms with Crippen molar-refractivity contribution in [3.63, 3.8) is 0 Å². The van der Waals surface area contributed by atoms with Crippen molar-refractivity contribution in [1.82, 2.24) is 0 Å². The van der Waals surface area contributed by atoms with Crippen molar-refractivity contribution in [2.75, 3.05) is 18.1 Å². The van der Waals surface area contributed by atoms with Crippen LogP contribution < -0.4 is 11.5 Å². The van der Waals surface area contributed by atoms with Crippen LogP contribution in [0, 0.1) is 11.8 Å². The molecule has 4 N–H and O–H groups in total. The molecule has 0 saturated heterocycles. The second-order valence-electron chi connectivity index (χ2n) is 3.09. The Morgan fingerprint density at radius 3 is 2.88 bits per heavy atom. The standard InChI is InChI=1S/C12H14N2O2/c1-2-16-11(15)8-4-6-9-5-3-7-10(13)12(9)14/h3,5,7H,2,8,13-14H2,1H3. The molecule has 4 heteroatoms. The number of esters is 1. The van der Waals surface area contributed by atoms with E-state index in [9.17, 15) is 4.79 Å². The lowest BCUT2D eigenvalue weighted by atomic mass is 10.1. The number of nitrogens with two attached hydrogens (primary N) is 2. The molecule has 1 rings (SSSR count). The molecule has 1 aromatic rings. The summed E-state index contributed by atoms with van der Waals surface area (Å²) in [6.07, 6.45) is 0.0576. The van der Waals surface area contributed by atoms with E-state index in [1.165, 1.54) is 0 Å².